The molecule has 0 radical (unpaired) electrons. The van der Waals surface area contributed by atoms with Crippen LogP contribution in [0.25, 0.3) is 0 Å². The summed E-state index contributed by atoms with van der Waals surface area (Å²) in [4.78, 5) is 15.9. The fourth-order valence-corrected chi connectivity index (χ4v) is 1.75. The number of nitrogens with one attached hydrogen (secondary N) is 1. The van der Waals surface area contributed by atoms with Crippen LogP contribution < -0.4 is 5.32 Å². The molecule has 19 heavy (non-hydrogen) atoms. The number of terminal acetylenes is 1. The number of amides is 1. The van der Waals surface area contributed by atoms with Crippen molar-refractivity contribution in [2.24, 2.45) is 0 Å². The lowest BCUT2D eigenvalue weighted by atomic mass is 10.1. The van der Waals surface area contributed by atoms with Crippen LogP contribution in [0.1, 0.15) is 16.7 Å². The molecule has 1 heterocycles. The van der Waals surface area contributed by atoms with Crippen molar-refractivity contribution in [3.8, 4) is 12.3 Å². The fourth-order valence-electron chi connectivity index (χ4n) is 1.75. The highest BCUT2D eigenvalue weighted by molar-refractivity contribution is 5.91. The predicted molar refractivity (Wildman–Crippen MR) is 75.7 cm³/mol. The topological polar surface area (TPSA) is 42.0 Å². The summed E-state index contributed by atoms with van der Waals surface area (Å²) in [5.41, 5.74) is 2.82. The number of benzene rings is 1. The zero-order valence-corrected chi connectivity index (χ0v) is 10.7. The van der Waals surface area contributed by atoms with Crippen LogP contribution in [0.3, 0.4) is 0 Å². The molecule has 94 valence electrons. The molecule has 0 unspecified atom stereocenters. The van der Waals surface area contributed by atoms with E-state index in [2.05, 4.69) is 16.2 Å². The molecular formula is C16H14N2O. The van der Waals surface area contributed by atoms with E-state index in [1.807, 2.05) is 31.2 Å². The standard InChI is InChI=1S/C16H14N2O/c1-3-13-7-8-15(17-11-13)18-16(19)10-14-6-4-5-12(2)9-14/h1,4-9,11H,10H2,2H3,(H,17,18,19). The van der Waals surface area contributed by atoms with Gasteiger partial charge in [-0.1, -0.05) is 35.7 Å². The summed E-state index contributed by atoms with van der Waals surface area (Å²) in [5, 5.41) is 2.74. The second kappa shape index (κ2) is 5.83. The van der Waals surface area contributed by atoms with E-state index in [9.17, 15) is 4.79 Å². The first-order chi connectivity index (χ1) is 9.17. The lowest BCUT2D eigenvalue weighted by molar-refractivity contribution is -0.115. The largest absolute Gasteiger partial charge is 0.310 e. The smallest absolute Gasteiger partial charge is 0.229 e. The second-order valence-corrected chi connectivity index (χ2v) is 4.29. The van der Waals surface area contributed by atoms with Gasteiger partial charge in [0, 0.05) is 11.8 Å². The summed E-state index contributed by atoms with van der Waals surface area (Å²) in [7, 11) is 0. The molecule has 0 saturated heterocycles. The van der Waals surface area contributed by atoms with Gasteiger partial charge in [-0.15, -0.1) is 6.42 Å². The van der Waals surface area contributed by atoms with Crippen LogP contribution in [0.4, 0.5) is 5.82 Å². The van der Waals surface area contributed by atoms with Gasteiger partial charge in [0.15, 0.2) is 0 Å². The molecule has 0 saturated carbocycles. The van der Waals surface area contributed by atoms with E-state index in [1.165, 1.54) is 0 Å². The highest BCUT2D eigenvalue weighted by Gasteiger charge is 2.05. The van der Waals surface area contributed by atoms with E-state index in [4.69, 9.17) is 6.42 Å². The van der Waals surface area contributed by atoms with Crippen LogP contribution >= 0.6 is 0 Å². The van der Waals surface area contributed by atoms with E-state index < -0.39 is 0 Å². The first-order valence-electron chi connectivity index (χ1n) is 5.95. The van der Waals surface area contributed by atoms with Crippen molar-refractivity contribution in [2.75, 3.05) is 5.32 Å². The Bertz CT molecular complexity index is 624. The Hall–Kier alpha value is -2.60. The summed E-state index contributed by atoms with van der Waals surface area (Å²) < 4.78 is 0. The van der Waals surface area contributed by atoms with E-state index in [-0.39, 0.29) is 5.91 Å². The van der Waals surface area contributed by atoms with E-state index in [1.54, 1.807) is 18.3 Å². The first-order valence-corrected chi connectivity index (χ1v) is 5.95. The lowest BCUT2D eigenvalue weighted by Gasteiger charge is -2.05. The molecule has 1 amide bonds. The quantitative estimate of drug-likeness (QED) is 0.851. The van der Waals surface area contributed by atoms with Gasteiger partial charge in [-0.25, -0.2) is 4.98 Å². The molecule has 0 spiro atoms. The summed E-state index contributed by atoms with van der Waals surface area (Å²) in [6.45, 7) is 2.00. The number of anilines is 1. The summed E-state index contributed by atoms with van der Waals surface area (Å²) in [5.74, 6) is 2.90. The van der Waals surface area contributed by atoms with Crippen molar-refractivity contribution in [3.63, 3.8) is 0 Å². The number of aromatic nitrogens is 1. The molecule has 2 rings (SSSR count). The number of pyridine rings is 1. The molecule has 0 aliphatic heterocycles. The van der Waals surface area contributed by atoms with Gasteiger partial charge in [0.2, 0.25) is 5.91 Å². The Labute approximate surface area is 112 Å². The highest BCUT2D eigenvalue weighted by atomic mass is 16.1. The van der Waals surface area contributed by atoms with Crippen LogP contribution in [0.5, 0.6) is 0 Å². The Morgan fingerprint density at radius 1 is 1.37 bits per heavy atom. The first kappa shape index (κ1) is 12.8. The molecule has 0 bridgehead atoms. The molecule has 1 N–H and O–H groups in total. The molecule has 3 nitrogen and oxygen atoms in total. The van der Waals surface area contributed by atoms with Gasteiger partial charge in [0.1, 0.15) is 5.82 Å². The molecule has 3 heteroatoms. The third-order valence-electron chi connectivity index (χ3n) is 2.64. The van der Waals surface area contributed by atoms with E-state index >= 15 is 0 Å². The van der Waals surface area contributed by atoms with Crippen molar-refractivity contribution in [3.05, 3.63) is 59.3 Å². The summed E-state index contributed by atoms with van der Waals surface area (Å²) in [6.07, 6.45) is 7.13. The fraction of sp³-hybridized carbons (Fsp3) is 0.125. The summed E-state index contributed by atoms with van der Waals surface area (Å²) >= 11 is 0. The third kappa shape index (κ3) is 3.68. The van der Waals surface area contributed by atoms with E-state index in [0.29, 0.717) is 17.8 Å². The van der Waals surface area contributed by atoms with Crippen molar-refractivity contribution in [1.82, 2.24) is 4.98 Å². The number of hydrogen-bond donors (Lipinski definition) is 1. The van der Waals surface area contributed by atoms with Gasteiger partial charge in [0.05, 0.1) is 6.42 Å². The van der Waals surface area contributed by atoms with Gasteiger partial charge in [-0.05, 0) is 24.6 Å². The molecule has 0 fully saturated rings. The van der Waals surface area contributed by atoms with Crippen LogP contribution in [0.2, 0.25) is 0 Å². The normalized spacial score (nSPS) is 9.68. The second-order valence-electron chi connectivity index (χ2n) is 4.29. The highest BCUT2D eigenvalue weighted by Crippen LogP contribution is 2.08. The number of carbonyl (C=O) groups is 1. The Balaban J connectivity index is 1.99. The molecular weight excluding hydrogens is 236 g/mol. The molecule has 2 aromatic rings. The van der Waals surface area contributed by atoms with Crippen molar-refractivity contribution in [2.45, 2.75) is 13.3 Å². The Morgan fingerprint density at radius 3 is 2.84 bits per heavy atom. The minimum atomic E-state index is -0.0912. The predicted octanol–water partition coefficient (Wildman–Crippen LogP) is 2.55. The number of carbonyl (C=O) groups excluding carboxylic acids is 1. The minimum absolute atomic E-state index is 0.0912. The lowest BCUT2D eigenvalue weighted by Crippen LogP contribution is -2.15. The number of rotatable bonds is 3. The molecule has 0 aliphatic carbocycles. The average Bonchev–Trinajstić information content (AvgIpc) is 2.39. The van der Waals surface area contributed by atoms with E-state index in [0.717, 1.165) is 11.1 Å². The SMILES string of the molecule is C#Cc1ccc(NC(=O)Cc2cccc(C)c2)nc1. The van der Waals surface area contributed by atoms with Crippen molar-refractivity contribution >= 4 is 11.7 Å². The van der Waals surface area contributed by atoms with Crippen LogP contribution in [0.15, 0.2) is 42.6 Å². The van der Waals surface area contributed by atoms with Gasteiger partial charge < -0.3 is 5.32 Å². The number of aryl methyl sites for hydroxylation is 1. The van der Waals surface area contributed by atoms with Crippen molar-refractivity contribution < 1.29 is 4.79 Å². The monoisotopic (exact) mass is 250 g/mol. The minimum Gasteiger partial charge on any atom is -0.310 e. The maximum atomic E-state index is 11.9. The molecule has 0 atom stereocenters. The zero-order chi connectivity index (χ0) is 13.7. The van der Waals surface area contributed by atoms with Gasteiger partial charge >= 0.3 is 0 Å². The van der Waals surface area contributed by atoms with Crippen molar-refractivity contribution in [1.29, 1.82) is 0 Å². The Kier molecular flexibility index (Phi) is 3.94. The van der Waals surface area contributed by atoms with Crippen LogP contribution in [-0.4, -0.2) is 10.9 Å². The van der Waals surface area contributed by atoms with Gasteiger partial charge in [-0.2, -0.15) is 0 Å². The Morgan fingerprint density at radius 2 is 2.21 bits per heavy atom. The van der Waals surface area contributed by atoms with Crippen LogP contribution in [-0.2, 0) is 11.2 Å². The molecule has 1 aromatic carbocycles. The molecule has 1 aromatic heterocycles. The molecule has 0 aliphatic rings. The van der Waals surface area contributed by atoms with Crippen LogP contribution in [0, 0.1) is 19.3 Å². The average molecular weight is 250 g/mol. The zero-order valence-electron chi connectivity index (χ0n) is 10.7. The summed E-state index contributed by atoms with van der Waals surface area (Å²) in [6, 6.07) is 11.3. The maximum absolute atomic E-state index is 11.9. The maximum Gasteiger partial charge on any atom is 0.229 e. The number of nitrogens with zero attached hydrogens (tertiary/aromatic N) is 1. The third-order valence-corrected chi connectivity index (χ3v) is 2.64. The van der Waals surface area contributed by atoms with Gasteiger partial charge in [0.25, 0.3) is 0 Å². The number of hydrogen-bond acceptors (Lipinski definition) is 2. The van der Waals surface area contributed by atoms with Gasteiger partial charge in [-0.3, -0.25) is 4.79 Å².